The molecule has 0 aliphatic carbocycles. The number of carbonyl (C=O) groups excluding carboxylic acids is 1. The molecule has 1 amide bonds. The summed E-state index contributed by atoms with van der Waals surface area (Å²) >= 11 is 0. The maximum atomic E-state index is 14.9. The zero-order valence-corrected chi connectivity index (χ0v) is 25.3. The number of fused-ring (bicyclic) bond motifs is 1. The lowest BCUT2D eigenvalue weighted by molar-refractivity contribution is 0.0934. The van der Waals surface area contributed by atoms with E-state index in [4.69, 9.17) is 4.74 Å². The van der Waals surface area contributed by atoms with Gasteiger partial charge in [-0.1, -0.05) is 13.0 Å². The molecule has 0 atom stereocenters. The molecule has 6 rings (SSSR count). The number of nitrogens with zero attached hydrogens (tertiary/aromatic N) is 5. The number of halogens is 2. The van der Waals surface area contributed by atoms with E-state index in [9.17, 15) is 13.6 Å². The number of anilines is 2. The number of methoxy groups -OCH3 is 1. The van der Waals surface area contributed by atoms with Gasteiger partial charge >= 0.3 is 0 Å². The molecule has 2 aromatic carbocycles. The lowest BCUT2D eigenvalue weighted by Crippen LogP contribution is -2.38. The fourth-order valence-corrected chi connectivity index (χ4v) is 5.85. The number of nitrogens with one attached hydrogen (secondary N) is 2. The van der Waals surface area contributed by atoms with Crippen molar-refractivity contribution in [3.8, 4) is 17.0 Å². The second kappa shape index (κ2) is 13.4. The van der Waals surface area contributed by atoms with Gasteiger partial charge in [-0.2, -0.15) is 4.39 Å². The van der Waals surface area contributed by atoms with Gasteiger partial charge in [0.2, 0.25) is 5.82 Å². The number of carbonyl (C=O) groups is 1. The van der Waals surface area contributed by atoms with Gasteiger partial charge in [0, 0.05) is 54.7 Å². The van der Waals surface area contributed by atoms with E-state index >= 15 is 0 Å². The van der Waals surface area contributed by atoms with Crippen LogP contribution in [0.4, 0.5) is 20.3 Å². The Bertz CT molecular complexity index is 1800. The molecule has 0 radical (unpaired) electrons. The van der Waals surface area contributed by atoms with Crippen molar-refractivity contribution in [2.45, 2.75) is 32.7 Å². The number of aryl methyl sites for hydroxylation is 1. The van der Waals surface area contributed by atoms with Crippen LogP contribution in [0.25, 0.3) is 16.9 Å². The lowest BCUT2D eigenvalue weighted by atomic mass is 9.96. The van der Waals surface area contributed by atoms with Gasteiger partial charge in [0.15, 0.2) is 23.0 Å². The third-order valence-corrected chi connectivity index (χ3v) is 8.35. The summed E-state index contributed by atoms with van der Waals surface area (Å²) in [5.41, 5.74) is 4.35. The van der Waals surface area contributed by atoms with E-state index in [1.54, 1.807) is 23.0 Å². The number of amides is 1. The Hall–Kier alpha value is -4.90. The highest BCUT2D eigenvalue weighted by molar-refractivity contribution is 5.96. The monoisotopic (exact) mass is 611 g/mol. The molecular formula is C34H35F2N7O2. The first kappa shape index (κ1) is 30.1. The number of benzene rings is 2. The van der Waals surface area contributed by atoms with Crippen LogP contribution in [-0.2, 0) is 13.0 Å². The zero-order valence-electron chi connectivity index (χ0n) is 25.3. The quantitative estimate of drug-likeness (QED) is 0.199. The van der Waals surface area contributed by atoms with Gasteiger partial charge in [-0.15, -0.1) is 0 Å². The molecule has 0 bridgehead atoms. The average molecular weight is 612 g/mol. The number of likely N-dealkylation sites (tertiary alicyclic amines) is 1. The first-order chi connectivity index (χ1) is 21.9. The van der Waals surface area contributed by atoms with E-state index in [2.05, 4.69) is 36.6 Å². The van der Waals surface area contributed by atoms with Crippen LogP contribution >= 0.6 is 0 Å². The van der Waals surface area contributed by atoms with Crippen LogP contribution in [0.1, 0.15) is 41.3 Å². The first-order valence-electron chi connectivity index (χ1n) is 15.1. The molecule has 1 fully saturated rings. The normalized spacial score (nSPS) is 14.0. The summed E-state index contributed by atoms with van der Waals surface area (Å²) in [6.07, 6.45) is 11.1. The second-order valence-corrected chi connectivity index (χ2v) is 11.2. The predicted molar refractivity (Wildman–Crippen MR) is 169 cm³/mol. The molecule has 1 saturated heterocycles. The van der Waals surface area contributed by atoms with Crippen LogP contribution in [0, 0.1) is 17.6 Å². The van der Waals surface area contributed by atoms with Gasteiger partial charge in [-0.05, 0) is 85.8 Å². The average Bonchev–Trinajstić information content (AvgIpc) is 3.51. The Labute approximate surface area is 260 Å². The Balaban J connectivity index is 1.11. The fraction of sp³-hybridized carbons (Fsp3) is 0.294. The van der Waals surface area contributed by atoms with Gasteiger partial charge in [0.1, 0.15) is 0 Å². The highest BCUT2D eigenvalue weighted by Gasteiger charge is 2.22. The number of hydrogen-bond acceptors (Lipinski definition) is 7. The molecule has 1 aliphatic rings. The van der Waals surface area contributed by atoms with Crippen LogP contribution in [-0.4, -0.2) is 56.9 Å². The number of hydrogen-bond donors (Lipinski definition) is 2. The van der Waals surface area contributed by atoms with E-state index in [1.807, 2.05) is 37.4 Å². The van der Waals surface area contributed by atoms with Crippen LogP contribution < -0.4 is 15.4 Å². The smallest absolute Gasteiger partial charge is 0.251 e. The molecule has 0 unspecified atom stereocenters. The van der Waals surface area contributed by atoms with E-state index in [0.29, 0.717) is 41.6 Å². The summed E-state index contributed by atoms with van der Waals surface area (Å²) in [7, 11) is 1.29. The van der Waals surface area contributed by atoms with Crippen molar-refractivity contribution in [2.75, 3.05) is 32.1 Å². The van der Waals surface area contributed by atoms with Gasteiger partial charge < -0.3 is 15.4 Å². The largest absolute Gasteiger partial charge is 0.494 e. The minimum Gasteiger partial charge on any atom is -0.494 e. The summed E-state index contributed by atoms with van der Waals surface area (Å²) in [5.74, 6) is -1.45. The predicted octanol–water partition coefficient (Wildman–Crippen LogP) is 6.03. The summed E-state index contributed by atoms with van der Waals surface area (Å²) in [5, 5.41) is 6.44. The lowest BCUT2D eigenvalue weighted by Gasteiger charge is -2.32. The third kappa shape index (κ3) is 6.48. The van der Waals surface area contributed by atoms with E-state index < -0.39 is 11.6 Å². The first-order valence-corrected chi connectivity index (χ1v) is 15.1. The summed E-state index contributed by atoms with van der Waals surface area (Å²) in [6, 6.07) is 12.5. The van der Waals surface area contributed by atoms with Gasteiger partial charge in [-0.25, -0.2) is 14.4 Å². The summed E-state index contributed by atoms with van der Waals surface area (Å²) in [6.45, 7) is 5.56. The Kier molecular flexibility index (Phi) is 8.97. The van der Waals surface area contributed by atoms with Crippen molar-refractivity contribution >= 4 is 23.1 Å². The molecule has 1 aliphatic heterocycles. The fourth-order valence-electron chi connectivity index (χ4n) is 5.85. The molecule has 11 heteroatoms. The molecule has 0 saturated carbocycles. The molecular weight excluding hydrogens is 576 g/mol. The highest BCUT2D eigenvalue weighted by atomic mass is 19.2. The number of aromatic nitrogens is 4. The number of rotatable bonds is 10. The summed E-state index contributed by atoms with van der Waals surface area (Å²) in [4.78, 5) is 28.7. The van der Waals surface area contributed by atoms with Gasteiger partial charge in [0.05, 0.1) is 19.0 Å². The van der Waals surface area contributed by atoms with Crippen LogP contribution in [0.5, 0.6) is 5.75 Å². The van der Waals surface area contributed by atoms with Crippen molar-refractivity contribution in [3.05, 3.63) is 102 Å². The number of imidazole rings is 1. The Morgan fingerprint density at radius 1 is 1.04 bits per heavy atom. The topological polar surface area (TPSA) is 96.7 Å². The summed E-state index contributed by atoms with van der Waals surface area (Å²) < 4.78 is 35.8. The molecule has 45 heavy (non-hydrogen) atoms. The number of pyridine rings is 1. The third-order valence-electron chi connectivity index (χ3n) is 8.35. The minimum absolute atomic E-state index is 0.0527. The molecule has 232 valence electrons. The highest BCUT2D eigenvalue weighted by Crippen LogP contribution is 2.32. The maximum Gasteiger partial charge on any atom is 0.251 e. The standard InChI is InChI=1S/C34H35F2N7O2/c1-3-24-17-25(6-7-26(24)34(44)40-19-22-10-14-42(15-11-22)21-23-5-4-12-37-18-23)41-32-33-39-20-28(43(33)16-13-38-32)27-8-9-29(45-2)31(36)30(27)35/h4-9,12-13,16-18,20,22H,3,10-11,14-15,19,21H2,1-2H3,(H,38,41)(H,40,44). The SMILES string of the molecule is CCc1cc(Nc2nccn3c(-c4ccc(OC)c(F)c4F)cnc23)ccc1C(=O)NCC1CCN(Cc2cccnc2)CC1. The molecule has 5 aromatic rings. The van der Waals surface area contributed by atoms with E-state index in [1.165, 1.54) is 31.0 Å². The van der Waals surface area contributed by atoms with Gasteiger partial charge in [0.25, 0.3) is 5.91 Å². The molecule has 0 spiro atoms. The van der Waals surface area contributed by atoms with Crippen LogP contribution in [0.2, 0.25) is 0 Å². The molecule has 2 N–H and O–H groups in total. The number of piperidine rings is 1. The van der Waals surface area contributed by atoms with Crippen molar-refractivity contribution in [1.82, 2.24) is 29.6 Å². The van der Waals surface area contributed by atoms with Crippen LogP contribution in [0.3, 0.4) is 0 Å². The molecule has 3 aromatic heterocycles. The maximum absolute atomic E-state index is 14.9. The van der Waals surface area contributed by atoms with Gasteiger partial charge in [-0.3, -0.25) is 19.1 Å². The number of ether oxygens (including phenoxy) is 1. The Morgan fingerprint density at radius 2 is 1.89 bits per heavy atom. The van der Waals surface area contributed by atoms with Crippen molar-refractivity contribution in [3.63, 3.8) is 0 Å². The minimum atomic E-state index is -1.06. The molecule has 9 nitrogen and oxygen atoms in total. The second-order valence-electron chi connectivity index (χ2n) is 11.2. The Morgan fingerprint density at radius 3 is 2.64 bits per heavy atom. The van der Waals surface area contributed by atoms with Crippen molar-refractivity contribution < 1.29 is 18.3 Å². The van der Waals surface area contributed by atoms with E-state index in [-0.39, 0.29) is 17.2 Å². The van der Waals surface area contributed by atoms with Crippen molar-refractivity contribution in [1.29, 1.82) is 0 Å². The zero-order chi connectivity index (χ0) is 31.3. The van der Waals surface area contributed by atoms with E-state index in [0.717, 1.165) is 43.7 Å². The molecule has 4 heterocycles. The van der Waals surface area contributed by atoms with Crippen molar-refractivity contribution in [2.24, 2.45) is 5.92 Å². The van der Waals surface area contributed by atoms with Crippen LogP contribution in [0.15, 0.2) is 73.4 Å².